The fourth-order valence-electron chi connectivity index (χ4n) is 3.43. The van der Waals surface area contributed by atoms with Gasteiger partial charge in [-0.1, -0.05) is 56.3 Å². The highest BCUT2D eigenvalue weighted by molar-refractivity contribution is 5.92. The van der Waals surface area contributed by atoms with Gasteiger partial charge in [0.05, 0.1) is 0 Å². The van der Waals surface area contributed by atoms with Crippen LogP contribution in [0.3, 0.4) is 0 Å². The molecule has 2 heteroatoms. The van der Waals surface area contributed by atoms with E-state index in [2.05, 4.69) is 38.1 Å². The maximum atomic E-state index is 10.3. The lowest BCUT2D eigenvalue weighted by Crippen LogP contribution is -1.97. The zero-order chi connectivity index (χ0) is 17.3. The number of fused-ring (bicyclic) bond motifs is 1. The Morgan fingerprint density at radius 1 is 0.750 bits per heavy atom. The minimum atomic E-state index is 0.364. The lowest BCUT2D eigenvalue weighted by Gasteiger charge is -2.14. The molecule has 0 aliphatic heterocycles. The molecule has 0 fully saturated rings. The molecular weight excluding hydrogens is 296 g/mol. The number of rotatable bonds is 4. The highest BCUT2D eigenvalue weighted by Crippen LogP contribution is 2.33. The normalized spacial score (nSPS) is 11.1. The first-order chi connectivity index (χ1) is 11.5. The molecule has 3 rings (SSSR count). The van der Waals surface area contributed by atoms with Crippen LogP contribution in [0.2, 0.25) is 0 Å². The van der Waals surface area contributed by atoms with Crippen LogP contribution in [-0.4, -0.2) is 10.2 Å². The second kappa shape index (κ2) is 6.56. The van der Waals surface area contributed by atoms with Crippen LogP contribution in [0.4, 0.5) is 0 Å². The van der Waals surface area contributed by atoms with Gasteiger partial charge in [0, 0.05) is 5.39 Å². The van der Waals surface area contributed by atoms with Crippen LogP contribution in [0, 0.1) is 6.92 Å². The third kappa shape index (κ3) is 2.84. The number of hydrogen-bond acceptors (Lipinski definition) is 2. The summed E-state index contributed by atoms with van der Waals surface area (Å²) in [6.07, 6.45) is 2.44. The Hall–Kier alpha value is -2.48. The summed E-state index contributed by atoms with van der Waals surface area (Å²) in [5.41, 5.74) is 5.31. The van der Waals surface area contributed by atoms with Crippen molar-refractivity contribution in [3.8, 4) is 11.5 Å². The standard InChI is InChI=1S/C22H24O2/c1-4-16-11-15(12-17(5-2)22(16)24)13-18-10-14(3)21(23)20-9-7-6-8-19(18)20/h6-12,23-24H,4-5,13H2,1-3H3. The number of aryl methyl sites for hydroxylation is 3. The quantitative estimate of drug-likeness (QED) is 0.687. The van der Waals surface area contributed by atoms with Gasteiger partial charge in [0.25, 0.3) is 0 Å². The van der Waals surface area contributed by atoms with E-state index in [0.717, 1.165) is 46.7 Å². The van der Waals surface area contributed by atoms with E-state index in [1.807, 2.05) is 25.1 Å². The third-order valence-corrected chi connectivity index (χ3v) is 4.78. The zero-order valence-corrected chi connectivity index (χ0v) is 14.6. The van der Waals surface area contributed by atoms with Gasteiger partial charge in [-0.2, -0.15) is 0 Å². The second-order valence-electron chi connectivity index (χ2n) is 6.39. The first-order valence-corrected chi connectivity index (χ1v) is 8.59. The Morgan fingerprint density at radius 2 is 1.33 bits per heavy atom. The minimum absolute atomic E-state index is 0.364. The number of hydrogen-bond donors (Lipinski definition) is 2. The second-order valence-corrected chi connectivity index (χ2v) is 6.39. The van der Waals surface area contributed by atoms with E-state index in [9.17, 15) is 10.2 Å². The first kappa shape index (κ1) is 16.4. The Balaban J connectivity index is 2.12. The molecule has 0 radical (unpaired) electrons. The van der Waals surface area contributed by atoms with E-state index in [4.69, 9.17) is 0 Å². The van der Waals surface area contributed by atoms with Gasteiger partial charge in [-0.05, 0) is 59.4 Å². The van der Waals surface area contributed by atoms with Crippen molar-refractivity contribution in [2.24, 2.45) is 0 Å². The highest BCUT2D eigenvalue weighted by atomic mass is 16.3. The third-order valence-electron chi connectivity index (χ3n) is 4.78. The van der Waals surface area contributed by atoms with Crippen LogP contribution in [0.1, 0.15) is 41.7 Å². The van der Waals surface area contributed by atoms with Gasteiger partial charge in [0.15, 0.2) is 0 Å². The summed E-state index contributed by atoms with van der Waals surface area (Å²) in [5, 5.41) is 22.6. The van der Waals surface area contributed by atoms with Gasteiger partial charge in [0.2, 0.25) is 0 Å². The lowest BCUT2D eigenvalue weighted by atomic mass is 9.92. The molecule has 0 aliphatic carbocycles. The smallest absolute Gasteiger partial charge is 0.126 e. The van der Waals surface area contributed by atoms with Crippen LogP contribution in [0.25, 0.3) is 10.8 Å². The van der Waals surface area contributed by atoms with Gasteiger partial charge >= 0.3 is 0 Å². The Morgan fingerprint density at radius 3 is 1.92 bits per heavy atom. The van der Waals surface area contributed by atoms with E-state index >= 15 is 0 Å². The SMILES string of the molecule is CCc1cc(Cc2cc(C)c(O)c3ccccc23)cc(CC)c1O. The van der Waals surface area contributed by atoms with E-state index in [-0.39, 0.29) is 0 Å². The summed E-state index contributed by atoms with van der Waals surface area (Å²) in [6, 6.07) is 14.3. The fourth-order valence-corrected chi connectivity index (χ4v) is 3.43. The topological polar surface area (TPSA) is 40.5 Å². The Kier molecular flexibility index (Phi) is 4.48. The summed E-state index contributed by atoms with van der Waals surface area (Å²) < 4.78 is 0. The molecule has 0 aliphatic rings. The molecular formula is C22H24O2. The van der Waals surface area contributed by atoms with Crippen molar-refractivity contribution in [3.05, 3.63) is 70.3 Å². The molecule has 0 heterocycles. The van der Waals surface area contributed by atoms with Crippen molar-refractivity contribution in [2.75, 3.05) is 0 Å². The molecule has 0 saturated carbocycles. The molecule has 24 heavy (non-hydrogen) atoms. The summed E-state index contributed by atoms with van der Waals surface area (Å²) in [5.74, 6) is 0.805. The molecule has 0 atom stereocenters. The summed E-state index contributed by atoms with van der Waals surface area (Å²) in [4.78, 5) is 0. The maximum absolute atomic E-state index is 10.3. The van der Waals surface area contributed by atoms with E-state index in [1.165, 1.54) is 11.1 Å². The molecule has 0 aromatic heterocycles. The van der Waals surface area contributed by atoms with Crippen LogP contribution < -0.4 is 0 Å². The van der Waals surface area contributed by atoms with Crippen LogP contribution in [0.15, 0.2) is 42.5 Å². The Bertz CT molecular complexity index is 869. The van der Waals surface area contributed by atoms with E-state index in [0.29, 0.717) is 11.5 Å². The number of phenolic OH excluding ortho intramolecular Hbond substituents is 2. The first-order valence-electron chi connectivity index (χ1n) is 8.59. The van der Waals surface area contributed by atoms with Crippen molar-refractivity contribution in [1.82, 2.24) is 0 Å². The largest absolute Gasteiger partial charge is 0.507 e. The van der Waals surface area contributed by atoms with Crippen molar-refractivity contribution in [1.29, 1.82) is 0 Å². The van der Waals surface area contributed by atoms with Crippen molar-refractivity contribution < 1.29 is 10.2 Å². The maximum Gasteiger partial charge on any atom is 0.126 e. The molecule has 0 amide bonds. The molecule has 124 valence electrons. The monoisotopic (exact) mass is 320 g/mol. The van der Waals surface area contributed by atoms with Crippen LogP contribution >= 0.6 is 0 Å². The Labute approximate surface area is 143 Å². The summed E-state index contributed by atoms with van der Waals surface area (Å²) in [7, 11) is 0. The highest BCUT2D eigenvalue weighted by Gasteiger charge is 2.12. The van der Waals surface area contributed by atoms with Gasteiger partial charge in [-0.25, -0.2) is 0 Å². The zero-order valence-electron chi connectivity index (χ0n) is 14.6. The van der Waals surface area contributed by atoms with E-state index in [1.54, 1.807) is 0 Å². The molecule has 0 bridgehead atoms. The van der Waals surface area contributed by atoms with Gasteiger partial charge in [0.1, 0.15) is 11.5 Å². The van der Waals surface area contributed by atoms with Crippen molar-refractivity contribution in [2.45, 2.75) is 40.0 Å². The molecule has 0 spiro atoms. The average Bonchev–Trinajstić information content (AvgIpc) is 2.60. The molecule has 2 nitrogen and oxygen atoms in total. The van der Waals surface area contributed by atoms with Crippen LogP contribution in [-0.2, 0) is 19.3 Å². The minimum Gasteiger partial charge on any atom is -0.507 e. The number of benzene rings is 3. The predicted octanol–water partition coefficient (Wildman–Crippen LogP) is 5.28. The number of aromatic hydroxyl groups is 2. The van der Waals surface area contributed by atoms with E-state index < -0.39 is 0 Å². The molecule has 2 N–H and O–H groups in total. The van der Waals surface area contributed by atoms with Crippen LogP contribution in [0.5, 0.6) is 11.5 Å². The summed E-state index contributed by atoms with van der Waals surface area (Å²) in [6.45, 7) is 6.08. The summed E-state index contributed by atoms with van der Waals surface area (Å²) >= 11 is 0. The fraction of sp³-hybridized carbons (Fsp3) is 0.273. The lowest BCUT2D eigenvalue weighted by molar-refractivity contribution is 0.462. The van der Waals surface area contributed by atoms with Gasteiger partial charge in [-0.15, -0.1) is 0 Å². The molecule has 0 saturated heterocycles. The van der Waals surface area contributed by atoms with Crippen molar-refractivity contribution in [3.63, 3.8) is 0 Å². The molecule has 0 unspecified atom stereocenters. The van der Waals surface area contributed by atoms with Gasteiger partial charge < -0.3 is 10.2 Å². The van der Waals surface area contributed by atoms with Crippen molar-refractivity contribution >= 4 is 10.8 Å². The number of phenols is 2. The molecule has 3 aromatic carbocycles. The van der Waals surface area contributed by atoms with Gasteiger partial charge in [-0.3, -0.25) is 0 Å². The predicted molar refractivity (Wildman–Crippen MR) is 100 cm³/mol. The molecule has 3 aromatic rings. The average molecular weight is 320 g/mol.